The van der Waals surface area contributed by atoms with Crippen molar-refractivity contribution in [2.24, 2.45) is 0 Å². The summed E-state index contributed by atoms with van der Waals surface area (Å²) in [7, 11) is 0. The summed E-state index contributed by atoms with van der Waals surface area (Å²) in [4.78, 5) is 26.0. The monoisotopic (exact) mass is 479 g/mol. The van der Waals surface area contributed by atoms with Gasteiger partial charge in [0.15, 0.2) is 0 Å². The van der Waals surface area contributed by atoms with E-state index in [1.54, 1.807) is 18.2 Å². The van der Waals surface area contributed by atoms with Gasteiger partial charge in [-0.3, -0.25) is 14.9 Å². The van der Waals surface area contributed by atoms with Gasteiger partial charge >= 0.3 is 0 Å². The maximum Gasteiger partial charge on any atom is 0.294 e. The largest absolute Gasteiger partial charge is 0.378 e. The summed E-state index contributed by atoms with van der Waals surface area (Å²) in [6.45, 7) is 7.08. The van der Waals surface area contributed by atoms with Crippen LogP contribution in [0.15, 0.2) is 29.8 Å². The zero-order valence-corrected chi connectivity index (χ0v) is 20.0. The van der Waals surface area contributed by atoms with E-state index in [2.05, 4.69) is 5.32 Å². The first-order chi connectivity index (χ1) is 16.9. The van der Waals surface area contributed by atoms with Crippen molar-refractivity contribution in [3.63, 3.8) is 0 Å². The van der Waals surface area contributed by atoms with Crippen LogP contribution in [0.25, 0.3) is 11.8 Å². The number of nitro groups is 1. The Morgan fingerprint density at radius 3 is 2.71 bits per heavy atom. The quantitative estimate of drug-likeness (QED) is 0.280. The second-order valence-electron chi connectivity index (χ2n) is 8.71. The normalized spacial score (nSPS) is 18.4. The number of rotatable bonds is 7. The lowest BCUT2D eigenvalue weighted by Gasteiger charge is -2.28. The van der Waals surface area contributed by atoms with Gasteiger partial charge in [-0.25, -0.2) is 0 Å². The molecule has 0 bridgehead atoms. The van der Waals surface area contributed by atoms with E-state index in [0.29, 0.717) is 56.4 Å². The van der Waals surface area contributed by atoms with Crippen molar-refractivity contribution < 1.29 is 19.2 Å². The summed E-state index contributed by atoms with van der Waals surface area (Å²) >= 11 is 0. The standard InChI is InChI=1S/C25H29N5O5/c1-17-12-19(13-20(15-26)25(31)27-16-22-4-3-9-35-22)18(2)29(17)21-5-6-23(24(14-21)30(32)33)28-7-10-34-11-8-28/h5-6,12-14,22H,3-4,7-11,16H2,1-2H3,(H,27,31)/b20-13-. The van der Waals surface area contributed by atoms with Crippen LogP contribution in [0.3, 0.4) is 0 Å². The molecule has 0 spiro atoms. The molecule has 1 aromatic carbocycles. The Bertz CT molecular complexity index is 1180. The molecule has 3 heterocycles. The average molecular weight is 480 g/mol. The highest BCUT2D eigenvalue weighted by molar-refractivity contribution is 6.01. The minimum absolute atomic E-state index is 0.00288. The fraction of sp³-hybridized carbons (Fsp3) is 0.440. The van der Waals surface area contributed by atoms with Crippen LogP contribution in [0.1, 0.15) is 29.8 Å². The van der Waals surface area contributed by atoms with Crippen LogP contribution in [-0.2, 0) is 14.3 Å². The second kappa shape index (κ2) is 10.7. The highest BCUT2D eigenvalue weighted by Crippen LogP contribution is 2.33. The Hall–Kier alpha value is -3.68. The molecule has 35 heavy (non-hydrogen) atoms. The molecule has 0 saturated carbocycles. The summed E-state index contributed by atoms with van der Waals surface area (Å²) in [5.74, 6) is -0.446. The van der Waals surface area contributed by atoms with Crippen LogP contribution in [-0.4, -0.2) is 61.0 Å². The third kappa shape index (κ3) is 5.37. The molecule has 2 aliphatic heterocycles. The van der Waals surface area contributed by atoms with Gasteiger partial charge in [-0.05, 0) is 56.5 Å². The first-order valence-corrected chi connectivity index (χ1v) is 11.7. The lowest BCUT2D eigenvalue weighted by Crippen LogP contribution is -2.36. The van der Waals surface area contributed by atoms with Gasteiger partial charge in [0.05, 0.1) is 29.9 Å². The van der Waals surface area contributed by atoms with E-state index >= 15 is 0 Å². The predicted molar refractivity (Wildman–Crippen MR) is 131 cm³/mol. The van der Waals surface area contributed by atoms with E-state index in [4.69, 9.17) is 9.47 Å². The van der Waals surface area contributed by atoms with Crippen molar-refractivity contribution in [1.29, 1.82) is 5.26 Å². The minimum atomic E-state index is -0.446. The number of morpholine rings is 1. The average Bonchev–Trinajstić information content (AvgIpc) is 3.48. The number of nitriles is 1. The van der Waals surface area contributed by atoms with E-state index in [0.717, 1.165) is 24.2 Å². The molecule has 0 radical (unpaired) electrons. The number of amides is 1. The Balaban J connectivity index is 1.61. The molecule has 10 nitrogen and oxygen atoms in total. The summed E-state index contributed by atoms with van der Waals surface area (Å²) in [6.07, 6.45) is 3.41. The highest BCUT2D eigenvalue weighted by atomic mass is 16.6. The molecule has 2 saturated heterocycles. The zero-order chi connectivity index (χ0) is 24.9. The van der Waals surface area contributed by atoms with Crippen LogP contribution >= 0.6 is 0 Å². The number of carbonyl (C=O) groups excluding carboxylic acids is 1. The van der Waals surface area contributed by atoms with Gasteiger partial charge in [0, 0.05) is 43.7 Å². The second-order valence-corrected chi connectivity index (χ2v) is 8.71. The molecule has 10 heteroatoms. The molecule has 1 atom stereocenters. The zero-order valence-electron chi connectivity index (χ0n) is 20.0. The molecule has 2 aromatic rings. The van der Waals surface area contributed by atoms with E-state index in [1.165, 1.54) is 0 Å². The van der Waals surface area contributed by atoms with Crippen molar-refractivity contribution in [3.8, 4) is 11.8 Å². The summed E-state index contributed by atoms with van der Waals surface area (Å²) in [5.41, 5.74) is 3.54. The Morgan fingerprint density at radius 2 is 2.06 bits per heavy atom. The minimum Gasteiger partial charge on any atom is -0.378 e. The van der Waals surface area contributed by atoms with E-state index < -0.39 is 5.91 Å². The number of nitro benzene ring substituents is 1. The van der Waals surface area contributed by atoms with Gasteiger partial charge in [0.2, 0.25) is 0 Å². The SMILES string of the molecule is Cc1cc(/C=C(/C#N)C(=O)NCC2CCCO2)c(C)n1-c1ccc(N2CCOCC2)c([N+](=O)[O-])c1. The Morgan fingerprint density at radius 1 is 1.29 bits per heavy atom. The molecule has 2 fully saturated rings. The lowest BCUT2D eigenvalue weighted by atomic mass is 10.1. The number of nitrogens with one attached hydrogen (secondary N) is 1. The number of carbonyl (C=O) groups is 1. The van der Waals surface area contributed by atoms with Crippen molar-refractivity contribution >= 4 is 23.4 Å². The molecule has 1 N–H and O–H groups in total. The Labute approximate surface area is 203 Å². The Kier molecular flexibility index (Phi) is 7.48. The predicted octanol–water partition coefficient (Wildman–Crippen LogP) is 3.04. The molecule has 1 aromatic heterocycles. The molecule has 4 rings (SSSR count). The molecular weight excluding hydrogens is 450 g/mol. The van der Waals surface area contributed by atoms with E-state index in [-0.39, 0.29) is 22.3 Å². The smallest absolute Gasteiger partial charge is 0.294 e. The number of aromatic nitrogens is 1. The van der Waals surface area contributed by atoms with Crippen molar-refractivity contribution in [3.05, 3.63) is 56.9 Å². The lowest BCUT2D eigenvalue weighted by molar-refractivity contribution is -0.384. The third-order valence-corrected chi connectivity index (χ3v) is 6.42. The van der Waals surface area contributed by atoms with Gasteiger partial charge in [0.25, 0.3) is 11.6 Å². The molecule has 2 aliphatic rings. The topological polar surface area (TPSA) is 123 Å². The first kappa shape index (κ1) is 24.4. The number of hydrogen-bond acceptors (Lipinski definition) is 7. The van der Waals surface area contributed by atoms with Gasteiger partial charge in [-0.15, -0.1) is 0 Å². The van der Waals surface area contributed by atoms with Crippen LogP contribution in [0.4, 0.5) is 11.4 Å². The number of ether oxygens (including phenoxy) is 2. The third-order valence-electron chi connectivity index (χ3n) is 6.42. The number of anilines is 1. The first-order valence-electron chi connectivity index (χ1n) is 11.7. The molecular formula is C25H29N5O5. The van der Waals surface area contributed by atoms with Gasteiger partial charge < -0.3 is 24.3 Å². The van der Waals surface area contributed by atoms with E-state index in [1.807, 2.05) is 41.5 Å². The summed E-state index contributed by atoms with van der Waals surface area (Å²) < 4.78 is 12.8. The van der Waals surface area contributed by atoms with E-state index in [9.17, 15) is 20.2 Å². The van der Waals surface area contributed by atoms with Crippen molar-refractivity contribution in [2.75, 3.05) is 44.4 Å². The number of hydrogen-bond donors (Lipinski definition) is 1. The fourth-order valence-electron chi connectivity index (χ4n) is 4.61. The molecule has 1 unspecified atom stereocenters. The molecule has 0 aliphatic carbocycles. The molecule has 184 valence electrons. The van der Waals surface area contributed by atoms with Crippen LogP contribution < -0.4 is 10.2 Å². The molecule has 1 amide bonds. The number of aryl methyl sites for hydroxylation is 1. The maximum atomic E-state index is 12.6. The van der Waals surface area contributed by atoms with Crippen LogP contribution in [0.5, 0.6) is 0 Å². The summed E-state index contributed by atoms with van der Waals surface area (Å²) in [5, 5.41) is 24.2. The number of benzene rings is 1. The van der Waals surface area contributed by atoms with Gasteiger partial charge in [0.1, 0.15) is 17.3 Å². The van der Waals surface area contributed by atoms with Gasteiger partial charge in [-0.2, -0.15) is 5.26 Å². The summed E-state index contributed by atoms with van der Waals surface area (Å²) in [6, 6.07) is 9.04. The maximum absolute atomic E-state index is 12.6. The van der Waals surface area contributed by atoms with Crippen molar-refractivity contribution in [1.82, 2.24) is 9.88 Å². The highest BCUT2D eigenvalue weighted by Gasteiger charge is 2.23. The van der Waals surface area contributed by atoms with Crippen molar-refractivity contribution in [2.45, 2.75) is 32.8 Å². The van der Waals surface area contributed by atoms with Crippen LogP contribution in [0, 0.1) is 35.3 Å². The van der Waals surface area contributed by atoms with Crippen LogP contribution in [0.2, 0.25) is 0 Å². The number of nitrogens with zero attached hydrogens (tertiary/aromatic N) is 4. The van der Waals surface area contributed by atoms with Gasteiger partial charge in [-0.1, -0.05) is 0 Å². The fourth-order valence-corrected chi connectivity index (χ4v) is 4.61.